The zero-order chi connectivity index (χ0) is 23.4. The molecule has 168 valence electrons. The fraction of sp³-hybridized carbons (Fsp3) is 0.100. The molecule has 6 nitrogen and oxygen atoms in total. The predicted molar refractivity (Wildman–Crippen MR) is 113 cm³/mol. The molecule has 12 heteroatoms. The number of alkyl halides is 3. The van der Waals surface area contributed by atoms with Crippen LogP contribution < -0.4 is 10.0 Å². The van der Waals surface area contributed by atoms with Gasteiger partial charge in [-0.1, -0.05) is 0 Å². The van der Waals surface area contributed by atoms with Gasteiger partial charge in [-0.15, -0.1) is 11.3 Å². The van der Waals surface area contributed by atoms with E-state index in [9.17, 15) is 30.8 Å². The van der Waals surface area contributed by atoms with Crippen molar-refractivity contribution >= 4 is 39.0 Å². The molecule has 1 amide bonds. The van der Waals surface area contributed by atoms with Crippen molar-refractivity contribution < 1.29 is 30.8 Å². The molecule has 2 aromatic carbocycles. The van der Waals surface area contributed by atoms with Gasteiger partial charge < -0.3 is 5.32 Å². The van der Waals surface area contributed by atoms with Crippen molar-refractivity contribution in [1.29, 1.82) is 0 Å². The Morgan fingerprint density at radius 1 is 1.06 bits per heavy atom. The number of hydrogen-bond donors (Lipinski definition) is 2. The molecule has 0 aliphatic rings. The summed E-state index contributed by atoms with van der Waals surface area (Å²) in [5, 5.41) is 4.88. The first-order valence-electron chi connectivity index (χ1n) is 8.89. The fourth-order valence-electron chi connectivity index (χ4n) is 2.41. The average molecular weight is 485 g/mol. The molecule has 1 aromatic heterocycles. The molecule has 3 rings (SSSR count). The average Bonchev–Trinajstić information content (AvgIpc) is 3.20. The summed E-state index contributed by atoms with van der Waals surface area (Å²) in [5.74, 6) is -0.877. The minimum Gasteiger partial charge on any atom is -0.323 e. The van der Waals surface area contributed by atoms with Crippen LogP contribution in [0.4, 0.5) is 23.2 Å². The minimum absolute atomic E-state index is 0.250. The number of halogens is 4. The maximum absolute atomic E-state index is 13.0. The van der Waals surface area contributed by atoms with Crippen LogP contribution in [0.5, 0.6) is 0 Å². The Bertz CT molecular complexity index is 1220. The van der Waals surface area contributed by atoms with E-state index in [-0.39, 0.29) is 16.4 Å². The Balaban J connectivity index is 1.59. The molecule has 0 unspecified atom stereocenters. The highest BCUT2D eigenvalue weighted by molar-refractivity contribution is 7.89. The van der Waals surface area contributed by atoms with Gasteiger partial charge in [0.25, 0.3) is 0 Å². The van der Waals surface area contributed by atoms with Crippen molar-refractivity contribution in [3.05, 3.63) is 71.5 Å². The summed E-state index contributed by atoms with van der Waals surface area (Å²) in [4.78, 5) is 16.0. The van der Waals surface area contributed by atoms with Crippen molar-refractivity contribution in [2.24, 2.45) is 0 Å². The standard InChI is InChI=1S/C20H15F4N3O3S2/c21-14-3-1-13(2-4-14)19-27-16(11-31-19)7-10-18(28)26-15-5-8-17(9-6-15)32(29,30)25-12-20(22,23)24/h1-11,25H,12H2,(H,26,28)/b10-7+. The second-order valence-corrected chi connectivity index (χ2v) is 9.00. The number of aromatic nitrogens is 1. The van der Waals surface area contributed by atoms with Crippen LogP contribution >= 0.6 is 11.3 Å². The van der Waals surface area contributed by atoms with Gasteiger partial charge in [0, 0.05) is 22.7 Å². The number of nitrogens with zero attached hydrogens (tertiary/aromatic N) is 1. The van der Waals surface area contributed by atoms with Gasteiger partial charge in [-0.2, -0.15) is 13.2 Å². The summed E-state index contributed by atoms with van der Waals surface area (Å²) in [6.07, 6.45) is -1.98. The van der Waals surface area contributed by atoms with Gasteiger partial charge in [-0.3, -0.25) is 4.79 Å². The molecular formula is C20H15F4N3O3S2. The molecule has 0 fully saturated rings. The Hall–Kier alpha value is -3.09. The highest BCUT2D eigenvalue weighted by atomic mass is 32.2. The van der Waals surface area contributed by atoms with Gasteiger partial charge in [0.2, 0.25) is 15.9 Å². The SMILES string of the molecule is O=C(/C=C/c1csc(-c2ccc(F)cc2)n1)Nc1ccc(S(=O)(=O)NCC(F)(F)F)cc1. The third-order valence-electron chi connectivity index (χ3n) is 3.91. The molecule has 3 aromatic rings. The number of amides is 1. The van der Waals surface area contributed by atoms with E-state index in [0.29, 0.717) is 10.7 Å². The first-order chi connectivity index (χ1) is 15.0. The number of sulfonamides is 1. The molecular weight excluding hydrogens is 470 g/mol. The van der Waals surface area contributed by atoms with E-state index >= 15 is 0 Å². The van der Waals surface area contributed by atoms with Crippen LogP contribution in [0.2, 0.25) is 0 Å². The number of benzene rings is 2. The molecule has 0 radical (unpaired) electrons. The number of nitrogens with one attached hydrogen (secondary N) is 2. The van der Waals surface area contributed by atoms with Gasteiger partial charge in [0.15, 0.2) is 0 Å². The first-order valence-corrected chi connectivity index (χ1v) is 11.3. The maximum Gasteiger partial charge on any atom is 0.402 e. The lowest BCUT2D eigenvalue weighted by Gasteiger charge is -2.10. The van der Waals surface area contributed by atoms with E-state index < -0.39 is 28.7 Å². The van der Waals surface area contributed by atoms with E-state index in [1.807, 2.05) is 0 Å². The fourth-order valence-corrected chi connectivity index (χ4v) is 4.22. The van der Waals surface area contributed by atoms with E-state index in [1.54, 1.807) is 17.5 Å². The summed E-state index contributed by atoms with van der Waals surface area (Å²) in [7, 11) is -4.33. The summed E-state index contributed by atoms with van der Waals surface area (Å²) in [6.45, 7) is -1.68. The number of carbonyl (C=O) groups excluding carboxylic acids is 1. The quantitative estimate of drug-likeness (QED) is 0.383. The van der Waals surface area contributed by atoms with Crippen LogP contribution in [-0.2, 0) is 14.8 Å². The second-order valence-electron chi connectivity index (χ2n) is 6.37. The lowest BCUT2D eigenvalue weighted by Crippen LogP contribution is -2.33. The molecule has 2 N–H and O–H groups in total. The van der Waals surface area contributed by atoms with E-state index in [2.05, 4.69) is 10.3 Å². The highest BCUT2D eigenvalue weighted by Crippen LogP contribution is 2.24. The number of hydrogen-bond acceptors (Lipinski definition) is 5. The van der Waals surface area contributed by atoms with Crippen LogP contribution in [0.3, 0.4) is 0 Å². The monoisotopic (exact) mass is 485 g/mol. The predicted octanol–water partition coefficient (Wildman–Crippen LogP) is 4.44. The molecule has 0 spiro atoms. The van der Waals surface area contributed by atoms with E-state index in [1.165, 1.54) is 52.5 Å². The Kier molecular flexibility index (Phi) is 7.06. The second kappa shape index (κ2) is 9.59. The number of rotatable bonds is 7. The molecule has 1 heterocycles. The lowest BCUT2D eigenvalue weighted by molar-refractivity contribution is -0.121. The van der Waals surface area contributed by atoms with Gasteiger partial charge in [-0.25, -0.2) is 22.5 Å². The zero-order valence-corrected chi connectivity index (χ0v) is 17.7. The van der Waals surface area contributed by atoms with Crippen LogP contribution in [0.1, 0.15) is 5.69 Å². The normalized spacial score (nSPS) is 12.2. The summed E-state index contributed by atoms with van der Waals surface area (Å²) in [6, 6.07) is 10.5. The third-order valence-corrected chi connectivity index (χ3v) is 6.24. The molecule has 0 saturated heterocycles. The molecule has 0 atom stereocenters. The third kappa shape index (κ3) is 6.70. The van der Waals surface area contributed by atoms with Crippen molar-refractivity contribution in [2.75, 3.05) is 11.9 Å². The van der Waals surface area contributed by atoms with Crippen LogP contribution in [0, 0.1) is 5.82 Å². The number of carbonyl (C=O) groups is 1. The van der Waals surface area contributed by atoms with Crippen LogP contribution in [0.25, 0.3) is 16.6 Å². The van der Waals surface area contributed by atoms with Gasteiger partial charge in [0.1, 0.15) is 17.4 Å². The van der Waals surface area contributed by atoms with Crippen LogP contribution in [0.15, 0.2) is 64.9 Å². The van der Waals surface area contributed by atoms with Crippen molar-refractivity contribution in [2.45, 2.75) is 11.1 Å². The Morgan fingerprint density at radius 3 is 2.34 bits per heavy atom. The van der Waals surface area contributed by atoms with Crippen molar-refractivity contribution in [1.82, 2.24) is 9.71 Å². The first kappa shape index (κ1) is 23.6. The van der Waals surface area contributed by atoms with Crippen LogP contribution in [-0.4, -0.2) is 32.0 Å². The maximum atomic E-state index is 13.0. The van der Waals surface area contributed by atoms with Gasteiger partial charge in [-0.05, 0) is 54.6 Å². The van der Waals surface area contributed by atoms with E-state index in [4.69, 9.17) is 0 Å². The smallest absolute Gasteiger partial charge is 0.323 e. The molecule has 0 bridgehead atoms. The molecule has 0 aliphatic carbocycles. The largest absolute Gasteiger partial charge is 0.402 e. The van der Waals surface area contributed by atoms with Crippen molar-refractivity contribution in [3.63, 3.8) is 0 Å². The minimum atomic E-state index is -4.68. The Labute approximate surface area is 184 Å². The molecule has 0 aliphatic heterocycles. The van der Waals surface area contributed by atoms with Gasteiger partial charge >= 0.3 is 6.18 Å². The topological polar surface area (TPSA) is 88.2 Å². The van der Waals surface area contributed by atoms with Crippen molar-refractivity contribution in [3.8, 4) is 10.6 Å². The summed E-state index contributed by atoms with van der Waals surface area (Å²) >= 11 is 1.32. The van der Waals surface area contributed by atoms with E-state index in [0.717, 1.165) is 17.7 Å². The summed E-state index contributed by atoms with van der Waals surface area (Å²) in [5.41, 5.74) is 1.50. The lowest BCUT2D eigenvalue weighted by atomic mass is 10.2. The highest BCUT2D eigenvalue weighted by Gasteiger charge is 2.30. The zero-order valence-electron chi connectivity index (χ0n) is 16.1. The molecule has 32 heavy (non-hydrogen) atoms. The number of thiazole rings is 1. The summed E-state index contributed by atoms with van der Waals surface area (Å²) < 4.78 is 74.8. The van der Waals surface area contributed by atoms with Gasteiger partial charge in [0.05, 0.1) is 10.6 Å². The number of anilines is 1. The Morgan fingerprint density at radius 2 is 1.72 bits per heavy atom. The molecule has 0 saturated carbocycles.